The van der Waals surface area contributed by atoms with Crippen molar-refractivity contribution >= 4 is 11.8 Å². The molecule has 0 saturated carbocycles. The van der Waals surface area contributed by atoms with Gasteiger partial charge in [-0.2, -0.15) is 0 Å². The summed E-state index contributed by atoms with van der Waals surface area (Å²) in [6.45, 7) is 0. The van der Waals surface area contributed by atoms with E-state index in [9.17, 15) is 14.4 Å². The predicted molar refractivity (Wildman–Crippen MR) is 45.5 cm³/mol. The van der Waals surface area contributed by atoms with Gasteiger partial charge in [-0.05, 0) is 6.26 Å². The van der Waals surface area contributed by atoms with Gasteiger partial charge in [-0.3, -0.25) is 9.97 Å². The Labute approximate surface area is 70.6 Å². The standard InChI is InChI=1S/C5H7N3O3S/c1-12-2-8-4(10)6-3(9)7-5(8)11/h2H2,1H3,(H2,6,7,9,10,11). The molecule has 1 heterocycles. The van der Waals surface area contributed by atoms with Crippen molar-refractivity contribution in [3.05, 3.63) is 31.5 Å². The first-order chi connectivity index (χ1) is 5.65. The molecule has 0 bridgehead atoms. The van der Waals surface area contributed by atoms with E-state index in [0.717, 1.165) is 4.57 Å². The van der Waals surface area contributed by atoms with E-state index in [1.807, 2.05) is 9.97 Å². The Morgan fingerprint density at radius 1 is 1.25 bits per heavy atom. The highest BCUT2D eigenvalue weighted by molar-refractivity contribution is 7.97. The van der Waals surface area contributed by atoms with E-state index < -0.39 is 17.1 Å². The maximum atomic E-state index is 10.9. The second-order valence-corrected chi connectivity index (χ2v) is 2.87. The van der Waals surface area contributed by atoms with Crippen LogP contribution in [0.4, 0.5) is 0 Å². The van der Waals surface area contributed by atoms with E-state index in [2.05, 4.69) is 0 Å². The summed E-state index contributed by atoms with van der Waals surface area (Å²) in [6.07, 6.45) is 1.75. The first-order valence-electron chi connectivity index (χ1n) is 3.07. The zero-order valence-corrected chi connectivity index (χ0v) is 7.10. The number of hydrogen-bond acceptors (Lipinski definition) is 4. The third-order valence-electron chi connectivity index (χ3n) is 1.19. The van der Waals surface area contributed by atoms with Gasteiger partial charge >= 0.3 is 17.1 Å². The van der Waals surface area contributed by atoms with E-state index in [0.29, 0.717) is 0 Å². The van der Waals surface area contributed by atoms with E-state index in [4.69, 9.17) is 0 Å². The maximum Gasteiger partial charge on any atom is 0.334 e. The van der Waals surface area contributed by atoms with Crippen LogP contribution in [0, 0.1) is 0 Å². The van der Waals surface area contributed by atoms with Crippen molar-refractivity contribution in [2.75, 3.05) is 6.26 Å². The lowest BCUT2D eigenvalue weighted by Gasteiger charge is -1.97. The monoisotopic (exact) mass is 189 g/mol. The molecule has 0 atom stereocenters. The highest BCUT2D eigenvalue weighted by Gasteiger charge is 1.99. The van der Waals surface area contributed by atoms with Crippen molar-refractivity contribution in [2.24, 2.45) is 0 Å². The highest BCUT2D eigenvalue weighted by Crippen LogP contribution is 1.90. The van der Waals surface area contributed by atoms with Crippen molar-refractivity contribution in [1.82, 2.24) is 14.5 Å². The summed E-state index contributed by atoms with van der Waals surface area (Å²) in [4.78, 5) is 36.3. The Kier molecular flexibility index (Phi) is 2.54. The minimum atomic E-state index is -0.776. The maximum absolute atomic E-state index is 10.9. The van der Waals surface area contributed by atoms with Crippen LogP contribution in [0.2, 0.25) is 0 Å². The fourth-order valence-electron chi connectivity index (χ4n) is 0.699. The lowest BCUT2D eigenvalue weighted by molar-refractivity contribution is 0.700. The second kappa shape index (κ2) is 3.44. The number of hydrogen-bond donors (Lipinski definition) is 2. The average molecular weight is 189 g/mol. The first-order valence-corrected chi connectivity index (χ1v) is 4.47. The Hall–Kier alpha value is -1.24. The first kappa shape index (κ1) is 8.85. The number of nitrogens with zero attached hydrogens (tertiary/aromatic N) is 1. The summed E-state index contributed by atoms with van der Waals surface area (Å²) in [7, 11) is 0. The zero-order valence-electron chi connectivity index (χ0n) is 6.29. The fourth-order valence-corrected chi connectivity index (χ4v) is 1.19. The summed E-state index contributed by atoms with van der Waals surface area (Å²) < 4.78 is 0.909. The van der Waals surface area contributed by atoms with Gasteiger partial charge in [0.25, 0.3) is 0 Å². The van der Waals surface area contributed by atoms with Crippen molar-refractivity contribution < 1.29 is 0 Å². The lowest BCUT2D eigenvalue weighted by Crippen LogP contribution is -2.42. The zero-order chi connectivity index (χ0) is 9.14. The van der Waals surface area contributed by atoms with Gasteiger partial charge in [0.15, 0.2) is 0 Å². The van der Waals surface area contributed by atoms with Crippen LogP contribution >= 0.6 is 11.8 Å². The fraction of sp³-hybridized carbons (Fsp3) is 0.400. The molecule has 6 nitrogen and oxygen atoms in total. The van der Waals surface area contributed by atoms with E-state index in [1.54, 1.807) is 6.26 Å². The molecule has 1 rings (SSSR count). The molecule has 2 N–H and O–H groups in total. The molecular weight excluding hydrogens is 182 g/mol. The summed E-state index contributed by atoms with van der Waals surface area (Å²) in [5.41, 5.74) is -2.14. The van der Waals surface area contributed by atoms with Gasteiger partial charge in [-0.25, -0.2) is 19.0 Å². The largest absolute Gasteiger partial charge is 0.334 e. The molecule has 0 saturated heterocycles. The Bertz CT molecular complexity index is 394. The summed E-state index contributed by atoms with van der Waals surface area (Å²) >= 11 is 1.31. The van der Waals surface area contributed by atoms with Crippen LogP contribution in [0.5, 0.6) is 0 Å². The van der Waals surface area contributed by atoms with Crippen LogP contribution in [0.15, 0.2) is 14.4 Å². The number of thioether (sulfide) groups is 1. The van der Waals surface area contributed by atoms with Gasteiger partial charge in [0, 0.05) is 0 Å². The van der Waals surface area contributed by atoms with Crippen LogP contribution in [-0.4, -0.2) is 20.8 Å². The quantitative estimate of drug-likeness (QED) is 0.595. The van der Waals surface area contributed by atoms with Gasteiger partial charge in [0.05, 0.1) is 5.88 Å². The summed E-state index contributed by atoms with van der Waals surface area (Å²) in [5.74, 6) is 0.227. The van der Waals surface area contributed by atoms with Crippen LogP contribution in [0.25, 0.3) is 0 Å². The molecule has 0 aromatic carbocycles. The molecule has 0 aliphatic carbocycles. The third kappa shape index (κ3) is 1.67. The van der Waals surface area contributed by atoms with Gasteiger partial charge in [0.1, 0.15) is 0 Å². The van der Waals surface area contributed by atoms with Crippen molar-refractivity contribution in [1.29, 1.82) is 0 Å². The predicted octanol–water partition coefficient (Wildman–Crippen LogP) is -1.45. The van der Waals surface area contributed by atoms with E-state index in [1.165, 1.54) is 11.8 Å². The lowest BCUT2D eigenvalue weighted by atomic mass is 10.9. The molecule has 0 amide bonds. The third-order valence-corrected chi connectivity index (χ3v) is 1.71. The number of aromatic nitrogens is 3. The summed E-state index contributed by atoms with van der Waals surface area (Å²) in [5, 5.41) is 0. The second-order valence-electron chi connectivity index (χ2n) is 2.04. The Morgan fingerprint density at radius 2 is 1.75 bits per heavy atom. The topological polar surface area (TPSA) is 87.7 Å². The molecule has 0 radical (unpaired) electrons. The molecule has 0 fully saturated rings. The van der Waals surface area contributed by atoms with Crippen LogP contribution in [0.1, 0.15) is 0 Å². The Morgan fingerprint density at radius 3 is 2.17 bits per heavy atom. The molecule has 0 unspecified atom stereocenters. The van der Waals surface area contributed by atoms with Crippen LogP contribution in [-0.2, 0) is 5.88 Å². The SMILES string of the molecule is CSCn1c(=O)[nH]c(=O)[nH]c1=O. The normalized spacial score (nSPS) is 10.1. The van der Waals surface area contributed by atoms with Gasteiger partial charge in [0.2, 0.25) is 0 Å². The molecule has 0 aliphatic heterocycles. The number of nitrogens with one attached hydrogen (secondary N) is 2. The molecular formula is C5H7N3O3S. The van der Waals surface area contributed by atoms with Gasteiger partial charge in [-0.1, -0.05) is 0 Å². The molecule has 7 heteroatoms. The van der Waals surface area contributed by atoms with Gasteiger partial charge < -0.3 is 0 Å². The minimum absolute atomic E-state index is 0.227. The molecule has 66 valence electrons. The van der Waals surface area contributed by atoms with Crippen molar-refractivity contribution in [2.45, 2.75) is 5.88 Å². The van der Waals surface area contributed by atoms with Gasteiger partial charge in [-0.15, -0.1) is 11.8 Å². The smallest absolute Gasteiger partial charge is 0.259 e. The average Bonchev–Trinajstić information content (AvgIpc) is 1.96. The molecule has 1 aromatic heterocycles. The van der Waals surface area contributed by atoms with Crippen LogP contribution in [0.3, 0.4) is 0 Å². The number of rotatable bonds is 2. The van der Waals surface area contributed by atoms with Crippen molar-refractivity contribution in [3.8, 4) is 0 Å². The Balaban J connectivity index is 3.39. The highest BCUT2D eigenvalue weighted by atomic mass is 32.2. The molecule has 12 heavy (non-hydrogen) atoms. The van der Waals surface area contributed by atoms with Crippen LogP contribution < -0.4 is 17.1 Å². The minimum Gasteiger partial charge on any atom is -0.259 e. The van der Waals surface area contributed by atoms with E-state index in [-0.39, 0.29) is 5.88 Å². The molecule has 1 aromatic rings. The molecule has 0 aliphatic rings. The molecule has 0 spiro atoms. The van der Waals surface area contributed by atoms with Crippen molar-refractivity contribution in [3.63, 3.8) is 0 Å². The number of aromatic amines is 2. The van der Waals surface area contributed by atoms with E-state index >= 15 is 0 Å². The number of H-pyrrole nitrogens is 2. The summed E-state index contributed by atoms with van der Waals surface area (Å²) in [6, 6.07) is 0.